The molecule has 8 nitrogen and oxygen atoms in total. The molecule has 146 valence electrons. The molecular formula is C18H24N4O4S. The summed E-state index contributed by atoms with van der Waals surface area (Å²) >= 11 is 0. The van der Waals surface area contributed by atoms with Gasteiger partial charge in [0.1, 0.15) is 0 Å². The number of amides is 1. The topological polar surface area (TPSA) is 87.0 Å². The molecule has 0 bridgehead atoms. The van der Waals surface area contributed by atoms with Gasteiger partial charge in [0.05, 0.1) is 10.3 Å². The van der Waals surface area contributed by atoms with Crippen molar-refractivity contribution < 1.29 is 17.7 Å². The SMILES string of the molecule is CCN1CCN(S(=O)(=O)c2ccc3onc(C(=O)N4CCCC4)c3c2)CC1. The van der Waals surface area contributed by atoms with Crippen LogP contribution in [0.2, 0.25) is 0 Å². The van der Waals surface area contributed by atoms with Crippen molar-refractivity contribution in [1.82, 2.24) is 19.3 Å². The molecule has 0 radical (unpaired) electrons. The molecule has 0 atom stereocenters. The van der Waals surface area contributed by atoms with Gasteiger partial charge in [-0.3, -0.25) is 4.79 Å². The number of carbonyl (C=O) groups is 1. The minimum atomic E-state index is -3.61. The van der Waals surface area contributed by atoms with Crippen molar-refractivity contribution in [2.45, 2.75) is 24.7 Å². The maximum atomic E-state index is 13.0. The Morgan fingerprint density at radius 2 is 1.81 bits per heavy atom. The standard InChI is InChI=1S/C18H24N4O4S/c1-2-20-9-11-22(12-10-20)27(24,25)14-5-6-16-15(13-14)17(19-26-16)18(23)21-7-3-4-8-21/h5-6,13H,2-4,7-12H2,1H3. The van der Waals surface area contributed by atoms with Gasteiger partial charge in [0.15, 0.2) is 11.3 Å². The average Bonchev–Trinajstić information content (AvgIpc) is 3.37. The second kappa shape index (κ2) is 7.21. The minimum absolute atomic E-state index is 0.179. The zero-order chi connectivity index (χ0) is 19.0. The number of likely N-dealkylation sites (tertiary alicyclic amines) is 1. The Morgan fingerprint density at radius 1 is 1.11 bits per heavy atom. The number of hydrogen-bond donors (Lipinski definition) is 0. The van der Waals surface area contributed by atoms with Crippen LogP contribution in [0.4, 0.5) is 0 Å². The number of benzene rings is 1. The van der Waals surface area contributed by atoms with Crippen LogP contribution in [0.3, 0.4) is 0 Å². The number of aromatic nitrogens is 1. The van der Waals surface area contributed by atoms with Crippen LogP contribution in [0.5, 0.6) is 0 Å². The second-order valence-corrected chi connectivity index (χ2v) is 8.96. The zero-order valence-electron chi connectivity index (χ0n) is 15.4. The van der Waals surface area contributed by atoms with Crippen molar-refractivity contribution in [3.8, 4) is 0 Å². The third-order valence-electron chi connectivity index (χ3n) is 5.45. The molecule has 3 heterocycles. The molecule has 2 saturated heterocycles. The normalized spacial score (nSPS) is 19.8. The summed E-state index contributed by atoms with van der Waals surface area (Å²) in [5, 5.41) is 4.37. The number of carbonyl (C=O) groups excluding carboxylic acids is 1. The van der Waals surface area contributed by atoms with Crippen LogP contribution in [-0.4, -0.2) is 79.4 Å². The molecule has 2 aliphatic heterocycles. The van der Waals surface area contributed by atoms with Gasteiger partial charge in [-0.2, -0.15) is 4.31 Å². The Labute approximate surface area is 158 Å². The number of sulfonamides is 1. The Hall–Kier alpha value is -1.97. The maximum Gasteiger partial charge on any atom is 0.276 e. The molecule has 27 heavy (non-hydrogen) atoms. The predicted octanol–water partition coefficient (Wildman–Crippen LogP) is 1.39. The lowest BCUT2D eigenvalue weighted by Gasteiger charge is -2.33. The first kappa shape index (κ1) is 18.4. The Kier molecular flexibility index (Phi) is 4.92. The Balaban J connectivity index is 1.64. The van der Waals surface area contributed by atoms with E-state index in [1.54, 1.807) is 11.0 Å². The molecule has 0 N–H and O–H groups in total. The third kappa shape index (κ3) is 3.35. The smallest absolute Gasteiger partial charge is 0.276 e. The van der Waals surface area contributed by atoms with Crippen molar-refractivity contribution in [2.24, 2.45) is 0 Å². The molecule has 1 aromatic carbocycles. The number of likely N-dealkylation sites (N-methyl/N-ethyl adjacent to an activating group) is 1. The molecule has 2 aromatic rings. The fourth-order valence-electron chi connectivity index (χ4n) is 3.74. The van der Waals surface area contributed by atoms with E-state index in [4.69, 9.17) is 4.52 Å². The maximum absolute atomic E-state index is 13.0. The second-order valence-electron chi connectivity index (χ2n) is 7.03. The summed E-state index contributed by atoms with van der Waals surface area (Å²) in [5.74, 6) is -0.197. The monoisotopic (exact) mass is 392 g/mol. The summed E-state index contributed by atoms with van der Waals surface area (Å²) in [5.41, 5.74) is 0.618. The van der Waals surface area contributed by atoms with Crippen LogP contribution in [0.25, 0.3) is 11.0 Å². The predicted molar refractivity (Wildman–Crippen MR) is 100 cm³/mol. The van der Waals surface area contributed by atoms with Crippen molar-refractivity contribution >= 4 is 26.9 Å². The summed E-state index contributed by atoms with van der Waals surface area (Å²) in [6.07, 6.45) is 1.95. The average molecular weight is 392 g/mol. The van der Waals surface area contributed by atoms with Gasteiger partial charge in [0, 0.05) is 39.3 Å². The summed E-state index contributed by atoms with van der Waals surface area (Å²) in [7, 11) is -3.61. The first-order valence-electron chi connectivity index (χ1n) is 9.42. The highest BCUT2D eigenvalue weighted by atomic mass is 32.2. The van der Waals surface area contributed by atoms with E-state index >= 15 is 0 Å². The van der Waals surface area contributed by atoms with Crippen molar-refractivity contribution in [3.05, 3.63) is 23.9 Å². The van der Waals surface area contributed by atoms with Crippen LogP contribution in [-0.2, 0) is 10.0 Å². The Bertz CT molecular complexity index is 941. The quantitative estimate of drug-likeness (QED) is 0.782. The fraction of sp³-hybridized carbons (Fsp3) is 0.556. The van der Waals surface area contributed by atoms with E-state index in [0.717, 1.165) is 32.5 Å². The Morgan fingerprint density at radius 3 is 2.48 bits per heavy atom. The number of piperazine rings is 1. The number of hydrogen-bond acceptors (Lipinski definition) is 6. The van der Waals surface area contributed by atoms with Gasteiger partial charge < -0.3 is 14.3 Å². The van der Waals surface area contributed by atoms with E-state index in [0.29, 0.717) is 37.1 Å². The fourth-order valence-corrected chi connectivity index (χ4v) is 5.19. The van der Waals surface area contributed by atoms with Crippen LogP contribution in [0.15, 0.2) is 27.6 Å². The lowest BCUT2D eigenvalue weighted by molar-refractivity contribution is 0.0784. The molecule has 9 heteroatoms. The van der Waals surface area contributed by atoms with E-state index in [2.05, 4.69) is 17.0 Å². The van der Waals surface area contributed by atoms with Gasteiger partial charge in [-0.15, -0.1) is 0 Å². The summed E-state index contributed by atoms with van der Waals surface area (Å²) < 4.78 is 32.9. The van der Waals surface area contributed by atoms with E-state index in [1.807, 2.05) is 0 Å². The van der Waals surface area contributed by atoms with Gasteiger partial charge >= 0.3 is 0 Å². The van der Waals surface area contributed by atoms with Crippen LogP contribution >= 0.6 is 0 Å². The molecule has 0 unspecified atom stereocenters. The molecule has 0 saturated carbocycles. The van der Waals surface area contributed by atoms with Crippen molar-refractivity contribution in [2.75, 3.05) is 45.8 Å². The minimum Gasteiger partial charge on any atom is -0.355 e. The van der Waals surface area contributed by atoms with E-state index in [-0.39, 0.29) is 16.5 Å². The highest BCUT2D eigenvalue weighted by Gasteiger charge is 2.30. The molecule has 1 aromatic heterocycles. The number of fused-ring (bicyclic) bond motifs is 1. The van der Waals surface area contributed by atoms with Crippen LogP contribution < -0.4 is 0 Å². The van der Waals surface area contributed by atoms with Gasteiger partial charge in [-0.1, -0.05) is 12.1 Å². The molecule has 0 spiro atoms. The molecular weight excluding hydrogens is 368 g/mol. The summed E-state index contributed by atoms with van der Waals surface area (Å²) in [6, 6.07) is 4.63. The van der Waals surface area contributed by atoms with E-state index in [9.17, 15) is 13.2 Å². The highest BCUT2D eigenvalue weighted by Crippen LogP contribution is 2.26. The van der Waals surface area contributed by atoms with E-state index < -0.39 is 10.0 Å². The molecule has 0 aliphatic carbocycles. The van der Waals surface area contributed by atoms with Crippen LogP contribution in [0, 0.1) is 0 Å². The van der Waals surface area contributed by atoms with Gasteiger partial charge in [-0.25, -0.2) is 8.42 Å². The zero-order valence-corrected chi connectivity index (χ0v) is 16.2. The van der Waals surface area contributed by atoms with Crippen molar-refractivity contribution in [3.63, 3.8) is 0 Å². The largest absolute Gasteiger partial charge is 0.355 e. The first-order valence-corrected chi connectivity index (χ1v) is 10.9. The molecule has 1 amide bonds. The lowest BCUT2D eigenvalue weighted by Crippen LogP contribution is -2.48. The third-order valence-corrected chi connectivity index (χ3v) is 7.35. The van der Waals surface area contributed by atoms with Crippen molar-refractivity contribution in [1.29, 1.82) is 0 Å². The lowest BCUT2D eigenvalue weighted by atomic mass is 10.2. The number of nitrogens with zero attached hydrogens (tertiary/aromatic N) is 4. The first-order chi connectivity index (χ1) is 13.0. The van der Waals surface area contributed by atoms with Gasteiger partial charge in [0.2, 0.25) is 10.0 Å². The van der Waals surface area contributed by atoms with Crippen LogP contribution in [0.1, 0.15) is 30.3 Å². The molecule has 4 rings (SSSR count). The number of rotatable bonds is 4. The summed E-state index contributed by atoms with van der Waals surface area (Å²) in [6.45, 7) is 6.79. The summed E-state index contributed by atoms with van der Waals surface area (Å²) in [4.78, 5) is 16.8. The van der Waals surface area contributed by atoms with E-state index in [1.165, 1.54) is 16.4 Å². The molecule has 2 aliphatic rings. The van der Waals surface area contributed by atoms with Gasteiger partial charge in [-0.05, 0) is 37.6 Å². The molecule has 2 fully saturated rings. The highest BCUT2D eigenvalue weighted by molar-refractivity contribution is 7.89. The van der Waals surface area contributed by atoms with Gasteiger partial charge in [0.25, 0.3) is 5.91 Å².